The number of rotatable bonds is 6. The maximum atomic E-state index is 12.7. The van der Waals surface area contributed by atoms with Crippen molar-refractivity contribution in [3.63, 3.8) is 0 Å². The molecule has 3 rings (SSSR count). The summed E-state index contributed by atoms with van der Waals surface area (Å²) < 4.78 is 5.25. The zero-order chi connectivity index (χ0) is 19.6. The Labute approximate surface area is 160 Å². The second-order valence-corrected chi connectivity index (χ2v) is 7.32. The van der Waals surface area contributed by atoms with Gasteiger partial charge < -0.3 is 15.4 Å². The number of para-hydroxylation sites is 3. The number of methoxy groups -OCH3 is 1. The van der Waals surface area contributed by atoms with E-state index in [4.69, 9.17) is 4.74 Å². The van der Waals surface area contributed by atoms with E-state index >= 15 is 0 Å². The van der Waals surface area contributed by atoms with Gasteiger partial charge in [0.15, 0.2) is 0 Å². The molecule has 0 heterocycles. The molecule has 2 aromatic rings. The van der Waals surface area contributed by atoms with Crippen LogP contribution in [0.4, 0.5) is 11.4 Å². The van der Waals surface area contributed by atoms with Gasteiger partial charge in [-0.25, -0.2) is 0 Å². The zero-order valence-corrected chi connectivity index (χ0v) is 16.2. The summed E-state index contributed by atoms with van der Waals surface area (Å²) in [4.78, 5) is 25.2. The average Bonchev–Trinajstić information content (AvgIpc) is 3.44. The van der Waals surface area contributed by atoms with Crippen LogP contribution < -0.4 is 15.4 Å². The van der Waals surface area contributed by atoms with Gasteiger partial charge in [-0.3, -0.25) is 9.59 Å². The molecule has 2 unspecified atom stereocenters. The smallest absolute Gasteiger partial charge is 0.228 e. The van der Waals surface area contributed by atoms with Crippen LogP contribution in [0.3, 0.4) is 0 Å². The van der Waals surface area contributed by atoms with Gasteiger partial charge in [-0.15, -0.1) is 0 Å². The second-order valence-electron chi connectivity index (χ2n) is 7.32. The minimum absolute atomic E-state index is 0.0913. The molecule has 1 saturated carbocycles. The topological polar surface area (TPSA) is 67.4 Å². The molecule has 0 radical (unpaired) electrons. The lowest BCUT2D eigenvalue weighted by molar-refractivity contribution is -0.122. The van der Waals surface area contributed by atoms with Crippen LogP contribution in [-0.2, 0) is 9.59 Å². The lowest BCUT2D eigenvalue weighted by Crippen LogP contribution is -2.21. The number of anilines is 2. The van der Waals surface area contributed by atoms with Crippen molar-refractivity contribution in [2.24, 2.45) is 11.8 Å². The maximum Gasteiger partial charge on any atom is 0.228 e. The highest BCUT2D eigenvalue weighted by molar-refractivity contribution is 6.04. The predicted molar refractivity (Wildman–Crippen MR) is 107 cm³/mol. The van der Waals surface area contributed by atoms with Crippen LogP contribution in [0.1, 0.15) is 37.3 Å². The fourth-order valence-corrected chi connectivity index (χ4v) is 3.31. The first-order chi connectivity index (χ1) is 12.9. The SMILES string of the molecule is COc1ccccc1NC(=O)C1CC1C(=O)Nc1c(C)cccc1C(C)C. The van der Waals surface area contributed by atoms with E-state index in [1.54, 1.807) is 19.2 Å². The van der Waals surface area contributed by atoms with Crippen LogP contribution in [-0.4, -0.2) is 18.9 Å². The standard InChI is InChI=1S/C22H26N2O3/c1-13(2)15-9-7-8-14(3)20(15)24-22(26)17-12-16(17)21(25)23-18-10-5-6-11-19(18)27-4/h5-11,13,16-17H,12H2,1-4H3,(H,23,25)(H,24,26). The minimum atomic E-state index is -0.304. The molecule has 2 atom stereocenters. The fraction of sp³-hybridized carbons (Fsp3) is 0.364. The lowest BCUT2D eigenvalue weighted by Gasteiger charge is -2.16. The minimum Gasteiger partial charge on any atom is -0.495 e. The van der Waals surface area contributed by atoms with Gasteiger partial charge in [-0.1, -0.05) is 44.2 Å². The molecule has 5 nitrogen and oxygen atoms in total. The van der Waals surface area contributed by atoms with Crippen molar-refractivity contribution >= 4 is 23.2 Å². The average molecular weight is 366 g/mol. The van der Waals surface area contributed by atoms with Crippen molar-refractivity contribution in [2.45, 2.75) is 33.1 Å². The summed E-state index contributed by atoms with van der Waals surface area (Å²) in [6.45, 7) is 6.19. The van der Waals surface area contributed by atoms with E-state index < -0.39 is 0 Å². The Hall–Kier alpha value is -2.82. The van der Waals surface area contributed by atoms with Gasteiger partial charge in [0, 0.05) is 5.69 Å². The summed E-state index contributed by atoms with van der Waals surface area (Å²) in [7, 11) is 1.56. The van der Waals surface area contributed by atoms with Gasteiger partial charge in [0.1, 0.15) is 5.75 Å². The normalized spacial score (nSPS) is 18.1. The molecular weight excluding hydrogens is 340 g/mol. The van der Waals surface area contributed by atoms with Crippen molar-refractivity contribution < 1.29 is 14.3 Å². The lowest BCUT2D eigenvalue weighted by atomic mass is 9.98. The highest BCUT2D eigenvalue weighted by Gasteiger charge is 2.48. The van der Waals surface area contributed by atoms with Crippen LogP contribution in [0.2, 0.25) is 0 Å². The van der Waals surface area contributed by atoms with E-state index in [1.807, 2.05) is 37.3 Å². The molecule has 0 bridgehead atoms. The van der Waals surface area contributed by atoms with Crippen molar-refractivity contribution in [3.8, 4) is 5.75 Å². The molecule has 5 heteroatoms. The summed E-state index contributed by atoms with van der Waals surface area (Å²) in [5.41, 5.74) is 3.63. The number of aryl methyl sites for hydroxylation is 1. The van der Waals surface area contributed by atoms with Gasteiger partial charge in [0.25, 0.3) is 0 Å². The van der Waals surface area contributed by atoms with Crippen molar-refractivity contribution in [1.82, 2.24) is 0 Å². The van der Waals surface area contributed by atoms with Crippen LogP contribution >= 0.6 is 0 Å². The molecule has 0 saturated heterocycles. The number of benzene rings is 2. The molecule has 142 valence electrons. The first-order valence-corrected chi connectivity index (χ1v) is 9.26. The molecule has 0 aliphatic heterocycles. The fourth-order valence-electron chi connectivity index (χ4n) is 3.31. The number of carbonyl (C=O) groups excluding carboxylic acids is 2. The van der Waals surface area contributed by atoms with E-state index in [0.29, 0.717) is 23.8 Å². The molecule has 2 N–H and O–H groups in total. The molecule has 2 aromatic carbocycles. The predicted octanol–water partition coefficient (Wildman–Crippen LogP) is 4.34. The van der Waals surface area contributed by atoms with E-state index in [0.717, 1.165) is 16.8 Å². The molecule has 1 aliphatic rings. The number of amides is 2. The maximum absolute atomic E-state index is 12.7. The van der Waals surface area contributed by atoms with Crippen LogP contribution in [0.5, 0.6) is 5.75 Å². The third-order valence-electron chi connectivity index (χ3n) is 5.00. The first-order valence-electron chi connectivity index (χ1n) is 9.26. The third-order valence-corrected chi connectivity index (χ3v) is 5.00. The Balaban J connectivity index is 1.65. The molecule has 0 spiro atoms. The van der Waals surface area contributed by atoms with Crippen molar-refractivity contribution in [3.05, 3.63) is 53.6 Å². The molecule has 2 amide bonds. The summed E-state index contributed by atoms with van der Waals surface area (Å²) in [6, 6.07) is 13.3. The monoisotopic (exact) mass is 366 g/mol. The third kappa shape index (κ3) is 4.13. The second kappa shape index (κ2) is 7.82. The van der Waals surface area contributed by atoms with Gasteiger partial charge in [0.05, 0.1) is 24.6 Å². The quantitative estimate of drug-likeness (QED) is 0.799. The first kappa shape index (κ1) is 19.0. The van der Waals surface area contributed by atoms with Crippen molar-refractivity contribution in [2.75, 3.05) is 17.7 Å². The molecular formula is C22H26N2O3. The Morgan fingerprint density at radius 2 is 1.67 bits per heavy atom. The van der Waals surface area contributed by atoms with Crippen molar-refractivity contribution in [1.29, 1.82) is 0 Å². The van der Waals surface area contributed by atoms with E-state index in [9.17, 15) is 9.59 Å². The number of ether oxygens (including phenoxy) is 1. The Bertz CT molecular complexity index is 860. The molecule has 1 aliphatic carbocycles. The molecule has 27 heavy (non-hydrogen) atoms. The number of nitrogens with one attached hydrogen (secondary N) is 2. The van der Waals surface area contributed by atoms with E-state index in [1.165, 1.54) is 0 Å². The zero-order valence-electron chi connectivity index (χ0n) is 16.2. The molecule has 1 fully saturated rings. The summed E-state index contributed by atoms with van der Waals surface area (Å²) in [5, 5.41) is 5.92. The van der Waals surface area contributed by atoms with Gasteiger partial charge >= 0.3 is 0 Å². The summed E-state index contributed by atoms with van der Waals surface area (Å²) in [6.07, 6.45) is 0.565. The summed E-state index contributed by atoms with van der Waals surface area (Å²) >= 11 is 0. The highest BCUT2D eigenvalue weighted by Crippen LogP contribution is 2.41. The Kier molecular flexibility index (Phi) is 5.49. The van der Waals surface area contributed by atoms with Gasteiger partial charge in [-0.05, 0) is 42.5 Å². The van der Waals surface area contributed by atoms with Crippen LogP contribution in [0, 0.1) is 18.8 Å². The van der Waals surface area contributed by atoms with Gasteiger partial charge in [-0.2, -0.15) is 0 Å². The number of hydrogen-bond acceptors (Lipinski definition) is 3. The summed E-state index contributed by atoms with van der Waals surface area (Å²) in [5.74, 6) is 0.0821. The van der Waals surface area contributed by atoms with Crippen LogP contribution in [0.15, 0.2) is 42.5 Å². The Morgan fingerprint density at radius 3 is 2.33 bits per heavy atom. The highest BCUT2D eigenvalue weighted by atomic mass is 16.5. The van der Waals surface area contributed by atoms with Crippen LogP contribution in [0.25, 0.3) is 0 Å². The van der Waals surface area contributed by atoms with Gasteiger partial charge in [0.2, 0.25) is 11.8 Å². The number of carbonyl (C=O) groups is 2. The van der Waals surface area contributed by atoms with E-state index in [2.05, 4.69) is 24.5 Å². The number of hydrogen-bond donors (Lipinski definition) is 2. The molecule has 0 aromatic heterocycles. The Morgan fingerprint density at radius 1 is 1.00 bits per heavy atom. The van der Waals surface area contributed by atoms with E-state index in [-0.39, 0.29) is 23.7 Å². The largest absolute Gasteiger partial charge is 0.495 e.